The Balaban J connectivity index is 1.50. The second-order valence-electron chi connectivity index (χ2n) is 6.87. The van der Waals surface area contributed by atoms with Gasteiger partial charge in [0, 0.05) is 16.1 Å². The summed E-state index contributed by atoms with van der Waals surface area (Å²) in [5.41, 5.74) is 9.68. The Hall–Kier alpha value is -4.77. The standard InChI is InChI=1S/C22H16ClN7O4/c23-15-10-8-14(9-11-15)21(31)28-26-19-18(30(33)34)20(25-12-24-19)27-29-22(32)17-7-3-5-13-4-1-2-6-16(13)17/h1-12H,(H,28,31)(H,29,32)(H2,24,25,26,27). The highest BCUT2D eigenvalue weighted by Gasteiger charge is 2.24. The summed E-state index contributed by atoms with van der Waals surface area (Å²) in [6.45, 7) is 0. The molecule has 0 aliphatic rings. The lowest BCUT2D eigenvalue weighted by molar-refractivity contribution is -0.383. The van der Waals surface area contributed by atoms with Crippen LogP contribution in [0.25, 0.3) is 10.8 Å². The average molecular weight is 478 g/mol. The van der Waals surface area contributed by atoms with Crippen LogP contribution in [0, 0.1) is 10.1 Å². The molecule has 0 aliphatic carbocycles. The zero-order chi connectivity index (χ0) is 24.1. The number of nitrogens with zero attached hydrogens (tertiary/aromatic N) is 3. The molecule has 1 aromatic heterocycles. The van der Waals surface area contributed by atoms with E-state index in [1.807, 2.05) is 18.2 Å². The number of anilines is 2. The quantitative estimate of drug-likeness (QED) is 0.232. The van der Waals surface area contributed by atoms with Gasteiger partial charge in [0.25, 0.3) is 11.8 Å². The first kappa shape index (κ1) is 22.4. The fourth-order valence-electron chi connectivity index (χ4n) is 3.13. The van der Waals surface area contributed by atoms with Crippen molar-refractivity contribution in [2.45, 2.75) is 0 Å². The number of carbonyl (C=O) groups excluding carboxylic acids is 2. The van der Waals surface area contributed by atoms with E-state index in [2.05, 4.69) is 31.7 Å². The van der Waals surface area contributed by atoms with Gasteiger partial charge in [0.1, 0.15) is 6.33 Å². The Morgan fingerprint density at radius 1 is 0.824 bits per heavy atom. The van der Waals surface area contributed by atoms with Crippen LogP contribution in [-0.2, 0) is 0 Å². The molecule has 2 amide bonds. The van der Waals surface area contributed by atoms with Gasteiger partial charge < -0.3 is 0 Å². The Morgan fingerprint density at radius 2 is 1.44 bits per heavy atom. The maximum Gasteiger partial charge on any atom is 0.356 e. The number of rotatable bonds is 7. The topological polar surface area (TPSA) is 151 Å². The predicted molar refractivity (Wildman–Crippen MR) is 126 cm³/mol. The molecule has 11 nitrogen and oxygen atoms in total. The highest BCUT2D eigenvalue weighted by atomic mass is 35.5. The van der Waals surface area contributed by atoms with Crippen molar-refractivity contribution in [2.75, 3.05) is 10.9 Å². The maximum absolute atomic E-state index is 12.7. The van der Waals surface area contributed by atoms with Crippen LogP contribution in [0.3, 0.4) is 0 Å². The molecule has 0 atom stereocenters. The summed E-state index contributed by atoms with van der Waals surface area (Å²) < 4.78 is 0. The average Bonchev–Trinajstić information content (AvgIpc) is 2.85. The smallest absolute Gasteiger partial charge is 0.276 e. The van der Waals surface area contributed by atoms with E-state index in [0.717, 1.165) is 11.7 Å². The van der Waals surface area contributed by atoms with Crippen LogP contribution in [0.4, 0.5) is 17.3 Å². The van der Waals surface area contributed by atoms with Crippen molar-refractivity contribution >= 4 is 51.5 Å². The molecule has 34 heavy (non-hydrogen) atoms. The molecular weight excluding hydrogens is 462 g/mol. The maximum atomic E-state index is 12.7. The minimum absolute atomic E-state index is 0.273. The van der Waals surface area contributed by atoms with Gasteiger partial charge >= 0.3 is 5.69 Å². The lowest BCUT2D eigenvalue weighted by Crippen LogP contribution is -2.32. The molecule has 4 rings (SSSR count). The summed E-state index contributed by atoms with van der Waals surface area (Å²) in [5, 5.41) is 13.7. The summed E-state index contributed by atoms with van der Waals surface area (Å²) in [6.07, 6.45) is 1.04. The second kappa shape index (κ2) is 9.79. The normalized spacial score (nSPS) is 10.4. The van der Waals surface area contributed by atoms with Crippen molar-refractivity contribution in [2.24, 2.45) is 0 Å². The van der Waals surface area contributed by atoms with E-state index in [4.69, 9.17) is 11.6 Å². The summed E-state index contributed by atoms with van der Waals surface area (Å²) in [6, 6.07) is 18.6. The highest BCUT2D eigenvalue weighted by Crippen LogP contribution is 2.28. The Labute approximate surface area is 197 Å². The lowest BCUT2D eigenvalue weighted by atomic mass is 10.0. The molecule has 4 N–H and O–H groups in total. The monoisotopic (exact) mass is 477 g/mol. The van der Waals surface area contributed by atoms with Gasteiger partial charge in [-0.25, -0.2) is 9.97 Å². The minimum atomic E-state index is -0.747. The van der Waals surface area contributed by atoms with Gasteiger partial charge in [-0.05, 0) is 41.1 Å². The molecule has 0 fully saturated rings. The zero-order valence-corrected chi connectivity index (χ0v) is 18.0. The number of amides is 2. The van der Waals surface area contributed by atoms with Gasteiger partial charge in [-0.15, -0.1) is 0 Å². The molecule has 0 radical (unpaired) electrons. The van der Waals surface area contributed by atoms with E-state index < -0.39 is 22.4 Å². The molecule has 4 aromatic rings. The molecule has 0 bridgehead atoms. The molecule has 12 heteroatoms. The fourth-order valence-corrected chi connectivity index (χ4v) is 3.26. The van der Waals surface area contributed by atoms with E-state index >= 15 is 0 Å². The third kappa shape index (κ3) is 4.84. The van der Waals surface area contributed by atoms with Gasteiger partial charge in [0.05, 0.1) is 4.92 Å². The number of benzene rings is 3. The number of aromatic nitrogens is 2. The number of fused-ring (bicyclic) bond motifs is 1. The van der Waals surface area contributed by atoms with Crippen LogP contribution >= 0.6 is 11.6 Å². The van der Waals surface area contributed by atoms with Gasteiger partial charge in [-0.3, -0.25) is 41.4 Å². The number of hydrogen-bond acceptors (Lipinski definition) is 8. The summed E-state index contributed by atoms with van der Waals surface area (Å²) in [5.74, 6) is -1.65. The van der Waals surface area contributed by atoms with Crippen molar-refractivity contribution in [1.29, 1.82) is 0 Å². The molecule has 0 spiro atoms. The molecule has 1 heterocycles. The predicted octanol–water partition coefficient (Wildman–Crippen LogP) is 3.71. The van der Waals surface area contributed by atoms with Crippen molar-refractivity contribution in [3.8, 4) is 0 Å². The second-order valence-corrected chi connectivity index (χ2v) is 7.30. The fraction of sp³-hybridized carbons (Fsp3) is 0. The van der Waals surface area contributed by atoms with Gasteiger partial charge in [-0.2, -0.15) is 0 Å². The third-order valence-electron chi connectivity index (χ3n) is 4.73. The lowest BCUT2D eigenvalue weighted by Gasteiger charge is -2.12. The van der Waals surface area contributed by atoms with Gasteiger partial charge in [0.15, 0.2) is 0 Å². The Kier molecular flexibility index (Phi) is 6.46. The van der Waals surface area contributed by atoms with Crippen LogP contribution in [-0.4, -0.2) is 26.7 Å². The van der Waals surface area contributed by atoms with E-state index in [-0.39, 0.29) is 17.2 Å². The number of hydrazine groups is 2. The van der Waals surface area contributed by atoms with Crippen molar-refractivity contribution in [3.63, 3.8) is 0 Å². The zero-order valence-electron chi connectivity index (χ0n) is 17.3. The van der Waals surface area contributed by atoms with Crippen LogP contribution in [0.5, 0.6) is 0 Å². The molecule has 0 saturated carbocycles. The first-order chi connectivity index (χ1) is 16.4. The highest BCUT2D eigenvalue weighted by molar-refractivity contribution is 6.30. The van der Waals surface area contributed by atoms with Gasteiger partial charge in [-0.1, -0.05) is 48.0 Å². The van der Waals surface area contributed by atoms with Crippen LogP contribution in [0.15, 0.2) is 73.1 Å². The van der Waals surface area contributed by atoms with E-state index in [0.29, 0.717) is 16.0 Å². The molecule has 0 unspecified atom stereocenters. The summed E-state index contributed by atoms with van der Waals surface area (Å²) in [4.78, 5) is 43.6. The SMILES string of the molecule is O=C(NNc1ncnc(NNC(=O)c2cccc3ccccc23)c1[N+](=O)[O-])c1ccc(Cl)cc1. The molecule has 170 valence electrons. The first-order valence-corrected chi connectivity index (χ1v) is 10.2. The molecule has 0 aliphatic heterocycles. The van der Waals surface area contributed by atoms with Crippen LogP contribution < -0.4 is 21.7 Å². The molecular formula is C22H16ClN7O4. The number of halogens is 1. The number of carbonyl (C=O) groups is 2. The first-order valence-electron chi connectivity index (χ1n) is 9.79. The van der Waals surface area contributed by atoms with E-state index in [9.17, 15) is 19.7 Å². The summed E-state index contributed by atoms with van der Waals surface area (Å²) >= 11 is 5.81. The third-order valence-corrected chi connectivity index (χ3v) is 4.99. The number of nitro groups is 1. The Morgan fingerprint density at radius 3 is 2.12 bits per heavy atom. The number of hydrogen-bond donors (Lipinski definition) is 4. The van der Waals surface area contributed by atoms with Crippen LogP contribution in [0.2, 0.25) is 5.02 Å². The summed E-state index contributed by atoms with van der Waals surface area (Å²) in [7, 11) is 0. The van der Waals surface area contributed by atoms with E-state index in [1.165, 1.54) is 24.3 Å². The van der Waals surface area contributed by atoms with Crippen molar-refractivity contribution in [1.82, 2.24) is 20.8 Å². The molecule has 3 aromatic carbocycles. The molecule has 0 saturated heterocycles. The minimum Gasteiger partial charge on any atom is -0.276 e. The number of nitrogens with one attached hydrogen (secondary N) is 4. The van der Waals surface area contributed by atoms with Crippen molar-refractivity contribution < 1.29 is 14.5 Å². The van der Waals surface area contributed by atoms with Crippen LogP contribution in [0.1, 0.15) is 20.7 Å². The van der Waals surface area contributed by atoms with Crippen molar-refractivity contribution in [3.05, 3.63) is 99.3 Å². The van der Waals surface area contributed by atoms with Gasteiger partial charge in [0.2, 0.25) is 11.6 Å². The Bertz CT molecular complexity index is 1390. The largest absolute Gasteiger partial charge is 0.356 e. The van der Waals surface area contributed by atoms with E-state index in [1.54, 1.807) is 24.3 Å².